The van der Waals surface area contributed by atoms with E-state index in [1.807, 2.05) is 37.3 Å². The normalized spacial score (nSPS) is 10.5. The lowest BCUT2D eigenvalue weighted by atomic mass is 10.0. The molecule has 0 atom stereocenters. The Balaban J connectivity index is 2.17. The molecule has 1 heterocycles. The highest BCUT2D eigenvalue weighted by Gasteiger charge is 2.09. The number of halogens is 1. The van der Waals surface area contributed by atoms with Crippen molar-refractivity contribution in [3.8, 4) is 0 Å². The number of hydrogen-bond acceptors (Lipinski definition) is 2. The van der Waals surface area contributed by atoms with Crippen LogP contribution in [0, 0.1) is 13.8 Å². The lowest BCUT2D eigenvalue weighted by Gasteiger charge is -2.03. The molecular formula is C14H13BrOS. The van der Waals surface area contributed by atoms with Crippen LogP contribution in [0.2, 0.25) is 0 Å². The summed E-state index contributed by atoms with van der Waals surface area (Å²) in [6.07, 6.45) is 0.485. The van der Waals surface area contributed by atoms with Crippen LogP contribution < -0.4 is 0 Å². The standard InChI is InChI=1S/C14H13BrOS/c1-9-3-4-11(7-10(9)2)13(16)8-12-5-6-14(15)17-12/h3-7H,8H2,1-2H3. The summed E-state index contributed by atoms with van der Waals surface area (Å²) in [5, 5.41) is 0. The van der Waals surface area contributed by atoms with Crippen molar-refractivity contribution in [2.75, 3.05) is 0 Å². The van der Waals surface area contributed by atoms with E-state index in [1.165, 1.54) is 11.1 Å². The highest BCUT2D eigenvalue weighted by atomic mass is 79.9. The van der Waals surface area contributed by atoms with E-state index in [2.05, 4.69) is 22.9 Å². The molecule has 0 radical (unpaired) electrons. The predicted molar refractivity (Wildman–Crippen MR) is 76.0 cm³/mol. The Labute approximate surface area is 114 Å². The molecule has 3 heteroatoms. The fraction of sp³-hybridized carbons (Fsp3) is 0.214. The zero-order valence-electron chi connectivity index (χ0n) is 9.79. The maximum atomic E-state index is 12.1. The van der Waals surface area contributed by atoms with Crippen molar-refractivity contribution in [1.29, 1.82) is 0 Å². The molecule has 0 amide bonds. The van der Waals surface area contributed by atoms with Gasteiger partial charge >= 0.3 is 0 Å². The number of ketones is 1. The second-order valence-electron chi connectivity index (χ2n) is 4.10. The fourth-order valence-corrected chi connectivity index (χ4v) is 3.10. The minimum Gasteiger partial charge on any atom is -0.294 e. The highest BCUT2D eigenvalue weighted by molar-refractivity contribution is 9.11. The zero-order valence-corrected chi connectivity index (χ0v) is 12.2. The molecule has 88 valence electrons. The summed E-state index contributed by atoms with van der Waals surface area (Å²) in [4.78, 5) is 13.2. The van der Waals surface area contributed by atoms with Crippen LogP contribution in [0.25, 0.3) is 0 Å². The van der Waals surface area contributed by atoms with Gasteiger partial charge in [0.15, 0.2) is 5.78 Å². The smallest absolute Gasteiger partial charge is 0.168 e. The van der Waals surface area contributed by atoms with Crippen LogP contribution in [-0.2, 0) is 6.42 Å². The average molecular weight is 309 g/mol. The molecule has 0 bridgehead atoms. The molecule has 1 aromatic heterocycles. The quantitative estimate of drug-likeness (QED) is 0.760. The highest BCUT2D eigenvalue weighted by Crippen LogP contribution is 2.23. The van der Waals surface area contributed by atoms with Gasteiger partial charge in [0.1, 0.15) is 0 Å². The third-order valence-corrected chi connectivity index (χ3v) is 4.42. The molecule has 0 N–H and O–H groups in total. The number of Topliss-reactive ketones (excluding diaryl/α,β-unsaturated/α-hetero) is 1. The summed E-state index contributed by atoms with van der Waals surface area (Å²) in [6.45, 7) is 4.09. The largest absolute Gasteiger partial charge is 0.294 e. The molecule has 17 heavy (non-hydrogen) atoms. The molecule has 1 nitrogen and oxygen atoms in total. The zero-order chi connectivity index (χ0) is 12.4. The summed E-state index contributed by atoms with van der Waals surface area (Å²) in [7, 11) is 0. The van der Waals surface area contributed by atoms with E-state index in [9.17, 15) is 4.79 Å². The molecule has 0 saturated carbocycles. The first-order valence-corrected chi connectivity index (χ1v) is 7.02. The molecule has 0 fully saturated rings. The van der Waals surface area contributed by atoms with Gasteiger partial charge in [0.2, 0.25) is 0 Å². The van der Waals surface area contributed by atoms with Crippen molar-refractivity contribution in [1.82, 2.24) is 0 Å². The van der Waals surface area contributed by atoms with E-state index in [0.29, 0.717) is 6.42 Å². The number of rotatable bonds is 3. The summed E-state index contributed by atoms with van der Waals surface area (Å²) in [5.74, 6) is 0.183. The lowest BCUT2D eigenvalue weighted by molar-refractivity contribution is 0.0994. The number of benzene rings is 1. The molecule has 0 aliphatic rings. The third kappa shape index (κ3) is 3.05. The summed E-state index contributed by atoms with van der Waals surface area (Å²) < 4.78 is 1.07. The second kappa shape index (κ2) is 5.15. The number of carbonyl (C=O) groups excluding carboxylic acids is 1. The van der Waals surface area contributed by atoms with Crippen molar-refractivity contribution in [3.63, 3.8) is 0 Å². The van der Waals surface area contributed by atoms with E-state index < -0.39 is 0 Å². The monoisotopic (exact) mass is 308 g/mol. The van der Waals surface area contributed by atoms with Crippen LogP contribution in [0.1, 0.15) is 26.4 Å². The van der Waals surface area contributed by atoms with Gasteiger partial charge in [0.25, 0.3) is 0 Å². The van der Waals surface area contributed by atoms with Crippen LogP contribution in [0.4, 0.5) is 0 Å². The Hall–Kier alpha value is -0.930. The summed E-state index contributed by atoms with van der Waals surface area (Å²) in [6, 6.07) is 9.86. The van der Waals surface area contributed by atoms with Gasteiger partial charge in [-0.25, -0.2) is 0 Å². The lowest BCUT2D eigenvalue weighted by Crippen LogP contribution is -2.02. The van der Waals surface area contributed by atoms with E-state index >= 15 is 0 Å². The van der Waals surface area contributed by atoms with Crippen molar-refractivity contribution in [2.45, 2.75) is 20.3 Å². The minimum absolute atomic E-state index is 0.183. The topological polar surface area (TPSA) is 17.1 Å². The SMILES string of the molecule is Cc1ccc(C(=O)Cc2ccc(Br)s2)cc1C. The number of aryl methyl sites for hydroxylation is 2. The van der Waals surface area contributed by atoms with Crippen LogP contribution in [0.15, 0.2) is 34.1 Å². The first-order valence-electron chi connectivity index (χ1n) is 5.41. The first kappa shape index (κ1) is 12.5. The number of hydrogen-bond donors (Lipinski definition) is 0. The molecule has 0 aliphatic heterocycles. The fourth-order valence-electron chi connectivity index (χ4n) is 1.62. The minimum atomic E-state index is 0.183. The number of thiophene rings is 1. The molecular weight excluding hydrogens is 296 g/mol. The van der Waals surface area contributed by atoms with E-state index in [1.54, 1.807) is 11.3 Å². The van der Waals surface area contributed by atoms with Gasteiger partial charge < -0.3 is 0 Å². The Morgan fingerprint density at radius 1 is 1.18 bits per heavy atom. The molecule has 0 unspecified atom stereocenters. The Kier molecular flexibility index (Phi) is 3.79. The van der Waals surface area contributed by atoms with Gasteiger partial charge in [0, 0.05) is 16.9 Å². The van der Waals surface area contributed by atoms with Gasteiger partial charge in [-0.3, -0.25) is 4.79 Å². The molecule has 2 rings (SSSR count). The summed E-state index contributed by atoms with van der Waals surface area (Å²) >= 11 is 5.02. The van der Waals surface area contributed by atoms with Crippen molar-refractivity contribution in [3.05, 3.63) is 55.7 Å². The van der Waals surface area contributed by atoms with Gasteiger partial charge in [0.05, 0.1) is 3.79 Å². The molecule has 2 aromatic rings. The van der Waals surface area contributed by atoms with Gasteiger partial charge in [-0.2, -0.15) is 0 Å². The molecule has 0 spiro atoms. The van der Waals surface area contributed by atoms with Crippen LogP contribution in [0.3, 0.4) is 0 Å². The van der Waals surface area contributed by atoms with Crippen molar-refractivity contribution in [2.24, 2.45) is 0 Å². The summed E-state index contributed by atoms with van der Waals surface area (Å²) in [5.41, 5.74) is 3.20. The second-order valence-corrected chi connectivity index (χ2v) is 6.65. The molecule has 0 aliphatic carbocycles. The Morgan fingerprint density at radius 2 is 1.94 bits per heavy atom. The third-order valence-electron chi connectivity index (χ3n) is 2.79. The maximum Gasteiger partial charge on any atom is 0.168 e. The van der Waals surface area contributed by atoms with E-state index in [-0.39, 0.29) is 5.78 Å². The Bertz CT molecular complexity index is 557. The Morgan fingerprint density at radius 3 is 2.53 bits per heavy atom. The van der Waals surface area contributed by atoms with Gasteiger partial charge in [-0.15, -0.1) is 11.3 Å². The average Bonchev–Trinajstić information content (AvgIpc) is 2.68. The van der Waals surface area contributed by atoms with Gasteiger partial charge in [-0.05, 0) is 59.1 Å². The van der Waals surface area contributed by atoms with Crippen molar-refractivity contribution >= 4 is 33.0 Å². The van der Waals surface area contributed by atoms with E-state index in [4.69, 9.17) is 0 Å². The van der Waals surface area contributed by atoms with Gasteiger partial charge in [-0.1, -0.05) is 12.1 Å². The number of carbonyl (C=O) groups is 1. The maximum absolute atomic E-state index is 12.1. The van der Waals surface area contributed by atoms with Crippen molar-refractivity contribution < 1.29 is 4.79 Å². The molecule has 1 aromatic carbocycles. The first-order chi connectivity index (χ1) is 8.06. The van der Waals surface area contributed by atoms with Crippen LogP contribution in [0.5, 0.6) is 0 Å². The predicted octanol–water partition coefficient (Wildman–Crippen LogP) is 4.55. The van der Waals surface area contributed by atoms with Crippen LogP contribution in [-0.4, -0.2) is 5.78 Å². The molecule has 0 saturated heterocycles. The van der Waals surface area contributed by atoms with E-state index in [0.717, 1.165) is 14.2 Å². The van der Waals surface area contributed by atoms with Crippen LogP contribution >= 0.6 is 27.3 Å².